The zero-order valence-corrected chi connectivity index (χ0v) is 12.4. The van der Waals surface area contributed by atoms with Crippen molar-refractivity contribution in [3.05, 3.63) is 34.6 Å². The lowest BCUT2D eigenvalue weighted by molar-refractivity contribution is 0.124. The molecule has 2 N–H and O–H groups in total. The van der Waals surface area contributed by atoms with Gasteiger partial charge in [-0.2, -0.15) is 0 Å². The van der Waals surface area contributed by atoms with Crippen LogP contribution in [-0.2, 0) is 6.42 Å². The first-order valence-corrected chi connectivity index (χ1v) is 6.85. The van der Waals surface area contributed by atoms with Crippen LogP contribution in [0.2, 0.25) is 0 Å². The molecule has 0 saturated heterocycles. The maximum absolute atomic E-state index is 9.82. The number of nitrogens with zero attached hydrogens (tertiary/aromatic N) is 3. The van der Waals surface area contributed by atoms with Crippen molar-refractivity contribution in [1.29, 1.82) is 0 Å². The van der Waals surface area contributed by atoms with Gasteiger partial charge in [0.15, 0.2) is 0 Å². The van der Waals surface area contributed by atoms with Crippen LogP contribution < -0.4 is 0 Å². The molecule has 102 valence electrons. The van der Waals surface area contributed by atoms with E-state index in [-0.39, 0.29) is 11.7 Å². The van der Waals surface area contributed by atoms with E-state index in [0.717, 1.165) is 4.47 Å². The van der Waals surface area contributed by atoms with Crippen LogP contribution in [0.4, 0.5) is 0 Å². The monoisotopic (exact) mass is 325 g/mol. The molecule has 0 aliphatic rings. The molecule has 19 heavy (non-hydrogen) atoms. The summed E-state index contributed by atoms with van der Waals surface area (Å²) < 4.78 is 2.35. The maximum Gasteiger partial charge on any atom is 0.141 e. The molecule has 0 aliphatic carbocycles. The first-order chi connectivity index (χ1) is 8.97. The van der Waals surface area contributed by atoms with Gasteiger partial charge in [-0.3, -0.25) is 0 Å². The summed E-state index contributed by atoms with van der Waals surface area (Å²) in [7, 11) is 0. The smallest absolute Gasteiger partial charge is 0.141 e. The molecule has 1 unspecified atom stereocenters. The first kappa shape index (κ1) is 14.0. The van der Waals surface area contributed by atoms with Crippen LogP contribution in [-0.4, -0.2) is 31.3 Å². The highest BCUT2D eigenvalue weighted by molar-refractivity contribution is 9.10. The van der Waals surface area contributed by atoms with Gasteiger partial charge in [0.05, 0.1) is 18.0 Å². The van der Waals surface area contributed by atoms with Crippen molar-refractivity contribution < 1.29 is 10.2 Å². The molecule has 0 saturated carbocycles. The van der Waals surface area contributed by atoms with Crippen molar-refractivity contribution in [2.75, 3.05) is 0 Å². The predicted molar refractivity (Wildman–Crippen MR) is 75.3 cm³/mol. The molecule has 0 amide bonds. The maximum atomic E-state index is 9.82. The Balaban J connectivity index is 2.23. The molecule has 1 heterocycles. The molecule has 5 nitrogen and oxygen atoms in total. The standard InChI is InChI=1S/C13H16BrN3O2/c1-8(2)13(19)6-10-7-17(16-15-10)11-5-9(14)3-4-12(11)18/h3-5,7-8,13,18-19H,6H2,1-2H3. The summed E-state index contributed by atoms with van der Waals surface area (Å²) in [6.45, 7) is 3.91. The molecule has 0 radical (unpaired) electrons. The van der Waals surface area contributed by atoms with Crippen LogP contribution in [0.5, 0.6) is 5.75 Å². The van der Waals surface area contributed by atoms with Crippen LogP contribution in [0.25, 0.3) is 5.69 Å². The Morgan fingerprint density at radius 3 is 2.79 bits per heavy atom. The number of aromatic hydroxyl groups is 1. The van der Waals surface area contributed by atoms with Crippen LogP contribution in [0.15, 0.2) is 28.9 Å². The van der Waals surface area contributed by atoms with Crippen LogP contribution >= 0.6 is 15.9 Å². The molecule has 0 spiro atoms. The number of hydrogen-bond acceptors (Lipinski definition) is 4. The fraction of sp³-hybridized carbons (Fsp3) is 0.385. The van der Waals surface area contributed by atoms with E-state index in [4.69, 9.17) is 0 Å². The average Bonchev–Trinajstić information content (AvgIpc) is 2.80. The summed E-state index contributed by atoms with van der Waals surface area (Å²) >= 11 is 3.35. The molecule has 1 aromatic carbocycles. The lowest BCUT2D eigenvalue weighted by atomic mass is 10.0. The number of aromatic nitrogens is 3. The normalized spacial score (nSPS) is 12.9. The number of hydrogen-bond donors (Lipinski definition) is 2. The Labute approximate surface area is 120 Å². The Morgan fingerprint density at radius 1 is 1.37 bits per heavy atom. The van der Waals surface area contributed by atoms with Gasteiger partial charge in [-0.1, -0.05) is 35.0 Å². The number of phenolic OH excluding ortho intramolecular Hbond substituents is 1. The Bertz CT molecular complexity index is 569. The lowest BCUT2D eigenvalue weighted by Gasteiger charge is -2.11. The number of rotatable bonds is 4. The van der Waals surface area contributed by atoms with Gasteiger partial charge in [0.2, 0.25) is 0 Å². The Morgan fingerprint density at radius 2 is 2.11 bits per heavy atom. The first-order valence-electron chi connectivity index (χ1n) is 6.05. The Kier molecular flexibility index (Phi) is 4.21. The van der Waals surface area contributed by atoms with E-state index >= 15 is 0 Å². The molecule has 2 aromatic rings. The summed E-state index contributed by atoms with van der Waals surface area (Å²) in [5.74, 6) is 0.300. The predicted octanol–water partition coefficient (Wildman–Crippen LogP) is 2.29. The molecule has 6 heteroatoms. The van der Waals surface area contributed by atoms with Crippen molar-refractivity contribution in [2.45, 2.75) is 26.4 Å². The second kappa shape index (κ2) is 5.71. The van der Waals surface area contributed by atoms with Crippen LogP contribution in [0.3, 0.4) is 0 Å². The second-order valence-corrected chi connectivity index (χ2v) is 5.72. The van der Waals surface area contributed by atoms with Crippen molar-refractivity contribution in [2.24, 2.45) is 5.92 Å². The van der Waals surface area contributed by atoms with E-state index in [1.165, 1.54) is 4.68 Å². The van der Waals surface area contributed by atoms with Crippen molar-refractivity contribution in [3.63, 3.8) is 0 Å². The molecule has 2 rings (SSSR count). The zero-order valence-electron chi connectivity index (χ0n) is 10.8. The van der Waals surface area contributed by atoms with Gasteiger partial charge in [0.1, 0.15) is 11.4 Å². The van der Waals surface area contributed by atoms with E-state index in [2.05, 4.69) is 26.2 Å². The fourth-order valence-corrected chi connectivity index (χ4v) is 1.99. The van der Waals surface area contributed by atoms with E-state index in [1.54, 1.807) is 24.4 Å². The van der Waals surface area contributed by atoms with Gasteiger partial charge in [-0.25, -0.2) is 4.68 Å². The van der Waals surface area contributed by atoms with Crippen molar-refractivity contribution >= 4 is 15.9 Å². The number of halogens is 1. The minimum atomic E-state index is -0.443. The quantitative estimate of drug-likeness (QED) is 0.904. The van der Waals surface area contributed by atoms with Gasteiger partial charge in [-0.05, 0) is 24.1 Å². The zero-order chi connectivity index (χ0) is 14.0. The van der Waals surface area contributed by atoms with Gasteiger partial charge < -0.3 is 10.2 Å². The summed E-state index contributed by atoms with van der Waals surface area (Å²) in [6.07, 6.45) is 1.72. The van der Waals surface area contributed by atoms with E-state index < -0.39 is 6.10 Å². The SMILES string of the molecule is CC(C)C(O)Cc1cn(-c2cc(Br)ccc2O)nn1. The molecule has 0 bridgehead atoms. The van der Waals surface area contributed by atoms with Crippen LogP contribution in [0, 0.1) is 5.92 Å². The highest BCUT2D eigenvalue weighted by atomic mass is 79.9. The van der Waals surface area contributed by atoms with Gasteiger partial charge >= 0.3 is 0 Å². The number of benzene rings is 1. The number of aliphatic hydroxyl groups is 1. The van der Waals surface area contributed by atoms with Gasteiger partial charge in [0, 0.05) is 10.9 Å². The minimum absolute atomic E-state index is 0.129. The van der Waals surface area contributed by atoms with Crippen molar-refractivity contribution in [3.8, 4) is 11.4 Å². The van der Waals surface area contributed by atoms with E-state index in [1.807, 2.05) is 13.8 Å². The second-order valence-electron chi connectivity index (χ2n) is 4.80. The largest absolute Gasteiger partial charge is 0.506 e. The fourth-order valence-electron chi connectivity index (χ4n) is 1.64. The molecule has 1 aromatic heterocycles. The third-order valence-electron chi connectivity index (χ3n) is 2.91. The highest BCUT2D eigenvalue weighted by Crippen LogP contribution is 2.25. The third-order valence-corrected chi connectivity index (χ3v) is 3.41. The lowest BCUT2D eigenvalue weighted by Crippen LogP contribution is -2.17. The summed E-state index contributed by atoms with van der Waals surface area (Å²) in [6, 6.07) is 5.09. The molecular formula is C13H16BrN3O2. The van der Waals surface area contributed by atoms with E-state index in [0.29, 0.717) is 17.8 Å². The van der Waals surface area contributed by atoms with Gasteiger partial charge in [-0.15, -0.1) is 5.10 Å². The summed E-state index contributed by atoms with van der Waals surface area (Å²) in [4.78, 5) is 0. The number of phenols is 1. The number of aliphatic hydroxyl groups excluding tert-OH is 1. The van der Waals surface area contributed by atoms with Gasteiger partial charge in [0.25, 0.3) is 0 Å². The summed E-state index contributed by atoms with van der Waals surface area (Å²) in [5.41, 5.74) is 1.24. The molecule has 0 aliphatic heterocycles. The average molecular weight is 326 g/mol. The third kappa shape index (κ3) is 3.33. The van der Waals surface area contributed by atoms with E-state index in [9.17, 15) is 10.2 Å². The highest BCUT2D eigenvalue weighted by Gasteiger charge is 2.14. The molecule has 1 atom stereocenters. The topological polar surface area (TPSA) is 71.2 Å². The summed E-state index contributed by atoms with van der Waals surface area (Å²) in [5, 5.41) is 27.6. The van der Waals surface area contributed by atoms with Crippen LogP contribution in [0.1, 0.15) is 19.5 Å². The minimum Gasteiger partial charge on any atom is -0.506 e. The molecule has 0 fully saturated rings. The Hall–Kier alpha value is -1.40. The van der Waals surface area contributed by atoms with Crippen molar-refractivity contribution in [1.82, 2.24) is 15.0 Å². The molecular weight excluding hydrogens is 310 g/mol.